The third kappa shape index (κ3) is 3.62. The highest BCUT2D eigenvalue weighted by Gasteiger charge is 2.31. The molecular weight excluding hydrogens is 444 g/mol. The van der Waals surface area contributed by atoms with Gasteiger partial charge < -0.3 is 19.7 Å². The van der Waals surface area contributed by atoms with E-state index < -0.39 is 12.1 Å². The fraction of sp³-hybridized carbons (Fsp3) is 0.312. The zero-order valence-electron chi connectivity index (χ0n) is 14.0. The first-order valence-electron chi connectivity index (χ1n) is 7.57. The summed E-state index contributed by atoms with van der Waals surface area (Å²) in [6.07, 6.45) is 0.0730. The van der Waals surface area contributed by atoms with Gasteiger partial charge in [-0.25, -0.2) is 9.59 Å². The van der Waals surface area contributed by atoms with Crippen LogP contribution >= 0.6 is 38.6 Å². The monoisotopic (exact) mass is 458 g/mol. The molecule has 0 fully saturated rings. The highest BCUT2D eigenvalue weighted by Crippen LogP contribution is 2.38. The quantitative estimate of drug-likeness (QED) is 0.708. The minimum Gasteiger partial charge on any atom is -0.465 e. The molecule has 0 saturated carbocycles. The summed E-state index contributed by atoms with van der Waals surface area (Å²) >= 11 is 5.90. The lowest BCUT2D eigenvalue weighted by molar-refractivity contribution is 0.0600. The van der Waals surface area contributed by atoms with Crippen LogP contribution in [0.5, 0.6) is 0 Å². The summed E-state index contributed by atoms with van der Waals surface area (Å²) < 4.78 is 10.5. The molecule has 0 aliphatic carbocycles. The number of esters is 1. The Morgan fingerprint density at radius 3 is 2.58 bits per heavy atom. The van der Waals surface area contributed by atoms with Crippen molar-refractivity contribution in [1.29, 1.82) is 0 Å². The average Bonchev–Trinajstić information content (AvgIpc) is 3.22. The lowest BCUT2D eigenvalue weighted by atomic mass is 10.0. The summed E-state index contributed by atoms with van der Waals surface area (Å²) in [6.45, 7) is 0.767. The number of ether oxygens (including phenoxy) is 2. The molecule has 3 heterocycles. The van der Waals surface area contributed by atoms with Crippen LogP contribution in [0.3, 0.4) is 0 Å². The smallest absolute Gasteiger partial charge is 0.409 e. The van der Waals surface area contributed by atoms with Crippen molar-refractivity contribution >= 4 is 61.6 Å². The van der Waals surface area contributed by atoms with Gasteiger partial charge in [0.2, 0.25) is 0 Å². The van der Waals surface area contributed by atoms with E-state index in [0.29, 0.717) is 35.0 Å². The van der Waals surface area contributed by atoms with Crippen molar-refractivity contribution in [3.63, 3.8) is 0 Å². The van der Waals surface area contributed by atoms with Gasteiger partial charge in [0.15, 0.2) is 0 Å². The number of hydrogen-bond donors (Lipinski definition) is 1. The van der Waals surface area contributed by atoms with Gasteiger partial charge in [0.1, 0.15) is 5.00 Å². The maximum Gasteiger partial charge on any atom is 0.409 e. The zero-order chi connectivity index (χ0) is 18.8. The zero-order valence-corrected chi connectivity index (χ0v) is 17.2. The largest absolute Gasteiger partial charge is 0.465 e. The van der Waals surface area contributed by atoms with E-state index in [2.05, 4.69) is 21.2 Å². The molecule has 7 nitrogen and oxygen atoms in total. The third-order valence-electron chi connectivity index (χ3n) is 3.90. The predicted molar refractivity (Wildman–Crippen MR) is 102 cm³/mol. The number of halogens is 1. The molecule has 0 bridgehead atoms. The van der Waals surface area contributed by atoms with Gasteiger partial charge in [0, 0.05) is 11.4 Å². The summed E-state index contributed by atoms with van der Waals surface area (Å²) in [4.78, 5) is 39.4. The van der Waals surface area contributed by atoms with Crippen molar-refractivity contribution in [3.05, 3.63) is 36.8 Å². The highest BCUT2D eigenvalue weighted by atomic mass is 79.9. The molecule has 2 aromatic rings. The maximum atomic E-state index is 12.5. The van der Waals surface area contributed by atoms with Gasteiger partial charge >= 0.3 is 12.1 Å². The Hall–Kier alpha value is -1.91. The second-order valence-corrected chi connectivity index (χ2v) is 8.97. The first-order valence-corrected chi connectivity index (χ1v) is 9.99. The van der Waals surface area contributed by atoms with Crippen LogP contribution in [0.2, 0.25) is 0 Å². The van der Waals surface area contributed by atoms with E-state index in [1.54, 1.807) is 17.0 Å². The lowest BCUT2D eigenvalue weighted by Gasteiger charge is -2.25. The highest BCUT2D eigenvalue weighted by molar-refractivity contribution is 9.11. The molecule has 0 aromatic carbocycles. The number of nitrogens with one attached hydrogen (secondary N) is 1. The molecule has 1 aliphatic rings. The van der Waals surface area contributed by atoms with Crippen LogP contribution in [0.4, 0.5) is 9.80 Å². The van der Waals surface area contributed by atoms with Crippen LogP contribution in [-0.4, -0.2) is 43.6 Å². The van der Waals surface area contributed by atoms with Crippen molar-refractivity contribution in [2.24, 2.45) is 0 Å². The van der Waals surface area contributed by atoms with Crippen LogP contribution in [0.15, 0.2) is 15.9 Å². The SMILES string of the molecule is COC(=O)c1c(NC(=O)c2ccc(Br)s2)sc2c1CCN(C(=O)OC)C2. The van der Waals surface area contributed by atoms with Gasteiger partial charge in [0.25, 0.3) is 5.91 Å². The van der Waals surface area contributed by atoms with E-state index >= 15 is 0 Å². The molecule has 3 rings (SSSR count). The first-order chi connectivity index (χ1) is 12.4. The van der Waals surface area contributed by atoms with Crippen molar-refractivity contribution in [3.8, 4) is 0 Å². The molecule has 2 aromatic heterocycles. The number of nitrogens with zero attached hydrogens (tertiary/aromatic N) is 1. The molecule has 138 valence electrons. The number of anilines is 1. The van der Waals surface area contributed by atoms with Gasteiger partial charge in [-0.2, -0.15) is 0 Å². The van der Waals surface area contributed by atoms with Gasteiger partial charge in [0.05, 0.1) is 35.0 Å². The fourth-order valence-corrected chi connectivity index (χ4v) is 5.22. The molecule has 0 unspecified atom stereocenters. The molecule has 2 amide bonds. The van der Waals surface area contributed by atoms with Crippen LogP contribution in [0, 0.1) is 0 Å². The Morgan fingerprint density at radius 1 is 1.19 bits per heavy atom. The van der Waals surface area contributed by atoms with Gasteiger partial charge in [-0.15, -0.1) is 22.7 Å². The number of hydrogen-bond acceptors (Lipinski definition) is 7. The molecule has 0 atom stereocenters. The van der Waals surface area contributed by atoms with E-state index in [0.717, 1.165) is 14.2 Å². The lowest BCUT2D eigenvalue weighted by Crippen LogP contribution is -2.35. The number of fused-ring (bicyclic) bond motifs is 1. The summed E-state index contributed by atoms with van der Waals surface area (Å²) in [5.41, 5.74) is 1.17. The van der Waals surface area contributed by atoms with Crippen molar-refractivity contribution in [2.75, 3.05) is 26.1 Å². The second-order valence-electron chi connectivity index (χ2n) is 5.40. The predicted octanol–water partition coefficient (Wildman–Crippen LogP) is 3.74. The summed E-state index contributed by atoms with van der Waals surface area (Å²) in [6, 6.07) is 3.49. The number of rotatable bonds is 3. The Balaban J connectivity index is 1.92. The topological polar surface area (TPSA) is 84.9 Å². The van der Waals surface area contributed by atoms with Crippen molar-refractivity contribution < 1.29 is 23.9 Å². The van der Waals surface area contributed by atoms with E-state index in [1.165, 1.54) is 36.9 Å². The third-order valence-corrected chi connectivity index (χ3v) is 6.66. The van der Waals surface area contributed by atoms with E-state index in [-0.39, 0.29) is 5.91 Å². The Morgan fingerprint density at radius 2 is 1.96 bits per heavy atom. The normalized spacial score (nSPS) is 13.1. The van der Waals surface area contributed by atoms with Crippen LogP contribution < -0.4 is 5.32 Å². The minimum atomic E-state index is -0.503. The maximum absolute atomic E-state index is 12.5. The summed E-state index contributed by atoms with van der Waals surface area (Å²) in [7, 11) is 2.63. The number of thiophene rings is 2. The Bertz CT molecular complexity index is 876. The first kappa shape index (κ1) is 18.9. The molecule has 1 N–H and O–H groups in total. The van der Waals surface area contributed by atoms with Gasteiger partial charge in [-0.05, 0) is 40.0 Å². The second kappa shape index (κ2) is 7.77. The number of carbonyl (C=O) groups excluding carboxylic acids is 3. The molecule has 26 heavy (non-hydrogen) atoms. The van der Waals surface area contributed by atoms with Crippen LogP contribution in [-0.2, 0) is 22.4 Å². The van der Waals surface area contributed by atoms with E-state index in [1.807, 2.05) is 0 Å². The van der Waals surface area contributed by atoms with Gasteiger partial charge in [-0.1, -0.05) is 0 Å². The number of amides is 2. The Labute approximate surface area is 166 Å². The van der Waals surface area contributed by atoms with Gasteiger partial charge in [-0.3, -0.25) is 4.79 Å². The number of carbonyl (C=O) groups is 3. The van der Waals surface area contributed by atoms with E-state index in [4.69, 9.17) is 9.47 Å². The Kier molecular flexibility index (Phi) is 5.64. The molecule has 1 aliphatic heterocycles. The molecule has 0 saturated heterocycles. The molecule has 10 heteroatoms. The standard InChI is InChI=1S/C16H15BrN2O5S2/c1-23-15(21)12-8-5-6-19(16(22)24-2)7-10(8)26-14(12)18-13(20)9-3-4-11(17)25-9/h3-4H,5-7H2,1-2H3,(H,18,20). The van der Waals surface area contributed by atoms with Crippen LogP contribution in [0.25, 0.3) is 0 Å². The molecular formula is C16H15BrN2O5S2. The fourth-order valence-electron chi connectivity index (χ4n) is 2.70. The summed E-state index contributed by atoms with van der Waals surface area (Å²) in [5, 5.41) is 3.24. The average molecular weight is 459 g/mol. The number of methoxy groups -OCH3 is 2. The minimum absolute atomic E-state index is 0.297. The molecule has 0 spiro atoms. The van der Waals surface area contributed by atoms with Crippen molar-refractivity contribution in [1.82, 2.24) is 4.90 Å². The summed E-state index contributed by atoms with van der Waals surface area (Å²) in [5.74, 6) is -0.800. The van der Waals surface area contributed by atoms with Crippen molar-refractivity contribution in [2.45, 2.75) is 13.0 Å². The van der Waals surface area contributed by atoms with E-state index in [9.17, 15) is 14.4 Å². The molecule has 0 radical (unpaired) electrons. The van der Waals surface area contributed by atoms with Crippen LogP contribution in [0.1, 0.15) is 30.5 Å².